The first-order valence-electron chi connectivity index (χ1n) is 7.59. The van der Waals surface area contributed by atoms with Crippen LogP contribution in [0.2, 0.25) is 0 Å². The van der Waals surface area contributed by atoms with Gasteiger partial charge in [0.05, 0.1) is 16.4 Å². The molecule has 1 saturated heterocycles. The second kappa shape index (κ2) is 5.86. The van der Waals surface area contributed by atoms with Crippen molar-refractivity contribution in [1.82, 2.24) is 0 Å². The van der Waals surface area contributed by atoms with Crippen molar-refractivity contribution < 1.29 is 8.95 Å². The van der Waals surface area contributed by atoms with Gasteiger partial charge in [0.15, 0.2) is 0 Å². The minimum absolute atomic E-state index is 0.0111. The fraction of sp³-hybridized carbons (Fsp3) is 0.625. The quantitative estimate of drug-likeness (QED) is 0.852. The van der Waals surface area contributed by atoms with Crippen molar-refractivity contribution in [3.63, 3.8) is 0 Å². The number of ether oxygens (including phenoxy) is 1. The lowest BCUT2D eigenvalue weighted by atomic mass is 9.80. The lowest BCUT2D eigenvalue weighted by Crippen LogP contribution is -2.44. The molecule has 1 heterocycles. The topological polar surface area (TPSA) is 52.3 Å². The molecule has 2 unspecified atom stereocenters. The predicted octanol–water partition coefficient (Wildman–Crippen LogP) is 3.26. The molecule has 0 bridgehead atoms. The lowest BCUT2D eigenvalue weighted by Gasteiger charge is -2.43. The van der Waals surface area contributed by atoms with Crippen LogP contribution in [0.1, 0.15) is 44.9 Å². The summed E-state index contributed by atoms with van der Waals surface area (Å²) in [4.78, 5) is 0.864. The van der Waals surface area contributed by atoms with E-state index in [0.717, 1.165) is 37.2 Å². The summed E-state index contributed by atoms with van der Waals surface area (Å²) in [6, 6.07) is 7.50. The summed E-state index contributed by atoms with van der Waals surface area (Å²) < 4.78 is 18.9. The molecule has 1 aliphatic heterocycles. The Bertz CT molecular complexity index is 491. The maximum atomic E-state index is 12.8. The zero-order valence-electron chi connectivity index (χ0n) is 11.8. The molecule has 110 valence electrons. The average Bonchev–Trinajstić information content (AvgIpc) is 2.47. The molecule has 2 atom stereocenters. The summed E-state index contributed by atoms with van der Waals surface area (Å²) in [6.45, 7) is 0.749. The van der Waals surface area contributed by atoms with Crippen molar-refractivity contribution >= 4 is 16.5 Å². The zero-order chi connectivity index (χ0) is 14.0. The van der Waals surface area contributed by atoms with Crippen LogP contribution in [-0.2, 0) is 15.5 Å². The average molecular weight is 293 g/mol. The molecule has 1 aromatic carbocycles. The van der Waals surface area contributed by atoms with E-state index in [4.69, 9.17) is 10.5 Å². The van der Waals surface area contributed by atoms with Gasteiger partial charge >= 0.3 is 0 Å². The molecule has 0 amide bonds. The van der Waals surface area contributed by atoms with Gasteiger partial charge in [0.2, 0.25) is 0 Å². The maximum Gasteiger partial charge on any atom is 0.0694 e. The van der Waals surface area contributed by atoms with Crippen LogP contribution < -0.4 is 5.73 Å². The highest BCUT2D eigenvalue weighted by molar-refractivity contribution is 7.85. The summed E-state index contributed by atoms with van der Waals surface area (Å²) in [5.41, 5.74) is 6.50. The van der Waals surface area contributed by atoms with E-state index in [1.807, 2.05) is 24.3 Å². The monoisotopic (exact) mass is 293 g/mol. The van der Waals surface area contributed by atoms with E-state index in [1.54, 1.807) is 0 Å². The highest BCUT2D eigenvalue weighted by Gasteiger charge is 2.40. The first-order chi connectivity index (χ1) is 9.69. The van der Waals surface area contributed by atoms with Crippen LogP contribution in [0, 0.1) is 0 Å². The molecule has 20 heavy (non-hydrogen) atoms. The van der Waals surface area contributed by atoms with Crippen LogP contribution in [0.15, 0.2) is 29.2 Å². The van der Waals surface area contributed by atoms with Crippen LogP contribution in [-0.4, -0.2) is 21.7 Å². The van der Waals surface area contributed by atoms with Gasteiger partial charge in [0.25, 0.3) is 0 Å². The fourth-order valence-corrected chi connectivity index (χ4v) is 5.16. The van der Waals surface area contributed by atoms with Crippen molar-refractivity contribution in [1.29, 1.82) is 0 Å². The molecule has 2 N–H and O–H groups in total. The second-order valence-electron chi connectivity index (χ2n) is 6.08. The van der Waals surface area contributed by atoms with Gasteiger partial charge in [0, 0.05) is 22.4 Å². The van der Waals surface area contributed by atoms with Crippen LogP contribution in [0.3, 0.4) is 0 Å². The van der Waals surface area contributed by atoms with Crippen molar-refractivity contribution in [2.24, 2.45) is 0 Å². The van der Waals surface area contributed by atoms with E-state index in [0.29, 0.717) is 5.69 Å². The van der Waals surface area contributed by atoms with Gasteiger partial charge in [-0.15, -0.1) is 0 Å². The standard InChI is InChI=1S/C16H23NO2S/c17-13-5-4-6-14(11-13)20(18)15-7-10-19-16(12-15)8-2-1-3-9-16/h4-6,11,15H,1-3,7-10,12,17H2. The Morgan fingerprint density at radius 1 is 1.25 bits per heavy atom. The van der Waals surface area contributed by atoms with E-state index in [2.05, 4.69) is 0 Å². The third-order valence-corrected chi connectivity index (χ3v) is 6.33. The third-order valence-electron chi connectivity index (χ3n) is 4.61. The van der Waals surface area contributed by atoms with E-state index >= 15 is 0 Å². The maximum absolute atomic E-state index is 12.8. The Kier molecular flexibility index (Phi) is 4.13. The molecule has 1 aliphatic carbocycles. The number of benzene rings is 1. The molecule has 2 fully saturated rings. The minimum atomic E-state index is -0.968. The van der Waals surface area contributed by atoms with Gasteiger partial charge in [-0.1, -0.05) is 25.3 Å². The first-order valence-corrected chi connectivity index (χ1v) is 8.80. The smallest absolute Gasteiger partial charge is 0.0694 e. The number of hydrogen-bond donors (Lipinski definition) is 1. The lowest BCUT2D eigenvalue weighted by molar-refractivity contribution is -0.0975. The molecule has 1 saturated carbocycles. The van der Waals surface area contributed by atoms with E-state index < -0.39 is 10.8 Å². The Balaban J connectivity index is 1.74. The molecule has 4 heteroatoms. The first kappa shape index (κ1) is 14.1. The highest BCUT2D eigenvalue weighted by atomic mass is 32.2. The number of hydrogen-bond acceptors (Lipinski definition) is 3. The van der Waals surface area contributed by atoms with Gasteiger partial charge < -0.3 is 10.5 Å². The molecule has 3 rings (SSSR count). The van der Waals surface area contributed by atoms with E-state index in [9.17, 15) is 4.21 Å². The zero-order valence-corrected chi connectivity index (χ0v) is 12.7. The van der Waals surface area contributed by atoms with Crippen molar-refractivity contribution in [3.05, 3.63) is 24.3 Å². The van der Waals surface area contributed by atoms with Gasteiger partial charge in [-0.2, -0.15) is 0 Å². The molecule has 1 aromatic rings. The molecule has 0 aromatic heterocycles. The second-order valence-corrected chi connectivity index (χ2v) is 7.81. The molecule has 3 nitrogen and oxygen atoms in total. The van der Waals surface area contributed by atoms with Crippen LogP contribution in [0.25, 0.3) is 0 Å². The van der Waals surface area contributed by atoms with Crippen LogP contribution in [0.5, 0.6) is 0 Å². The Hall–Kier alpha value is -0.870. The Morgan fingerprint density at radius 2 is 2.05 bits per heavy atom. The van der Waals surface area contributed by atoms with Gasteiger partial charge in [-0.25, -0.2) is 0 Å². The van der Waals surface area contributed by atoms with Crippen molar-refractivity contribution in [3.8, 4) is 0 Å². The highest BCUT2D eigenvalue weighted by Crippen LogP contribution is 2.40. The van der Waals surface area contributed by atoms with Crippen LogP contribution >= 0.6 is 0 Å². The molecule has 2 aliphatic rings. The van der Waals surface area contributed by atoms with Crippen molar-refractivity contribution in [2.45, 2.75) is 60.7 Å². The Morgan fingerprint density at radius 3 is 2.80 bits per heavy atom. The number of anilines is 1. The van der Waals surface area contributed by atoms with E-state index in [-0.39, 0.29) is 10.9 Å². The van der Waals surface area contributed by atoms with Crippen molar-refractivity contribution in [2.75, 3.05) is 12.3 Å². The molecular weight excluding hydrogens is 270 g/mol. The molecular formula is C16H23NO2S. The van der Waals surface area contributed by atoms with Gasteiger partial charge in [-0.3, -0.25) is 4.21 Å². The summed E-state index contributed by atoms with van der Waals surface area (Å²) in [5.74, 6) is 0. The summed E-state index contributed by atoms with van der Waals surface area (Å²) in [5, 5.41) is 0.212. The summed E-state index contributed by atoms with van der Waals surface area (Å²) in [6.07, 6.45) is 7.91. The summed E-state index contributed by atoms with van der Waals surface area (Å²) >= 11 is 0. The van der Waals surface area contributed by atoms with E-state index in [1.165, 1.54) is 19.3 Å². The SMILES string of the molecule is Nc1cccc(S(=O)C2CCOC3(CCCCC3)C2)c1. The van der Waals surface area contributed by atoms with Gasteiger partial charge in [-0.05, 0) is 43.9 Å². The largest absolute Gasteiger partial charge is 0.399 e. The number of rotatable bonds is 2. The predicted molar refractivity (Wildman–Crippen MR) is 82.1 cm³/mol. The molecule has 1 spiro atoms. The molecule has 0 radical (unpaired) electrons. The fourth-order valence-electron chi connectivity index (χ4n) is 3.54. The van der Waals surface area contributed by atoms with Gasteiger partial charge in [0.1, 0.15) is 0 Å². The third kappa shape index (κ3) is 2.91. The summed E-state index contributed by atoms with van der Waals surface area (Å²) in [7, 11) is -0.968. The Labute approximate surface area is 123 Å². The number of nitrogen functional groups attached to an aromatic ring is 1. The van der Waals surface area contributed by atoms with Crippen LogP contribution in [0.4, 0.5) is 5.69 Å². The normalized spacial score (nSPS) is 27.3. The minimum Gasteiger partial charge on any atom is -0.399 e. The number of nitrogens with two attached hydrogens (primary N) is 1.